The maximum absolute atomic E-state index is 13.3. The summed E-state index contributed by atoms with van der Waals surface area (Å²) in [6.45, 7) is 9.18. The largest absolute Gasteiger partial charge is 0.311 e. The monoisotopic (exact) mass is 1330 g/mol. The molecular formula is C83H85Br2NOS2. The molecule has 0 radical (unpaired) electrons. The Bertz CT molecular complexity index is 3810. The number of benzene rings is 8. The molecule has 89 heavy (non-hydrogen) atoms. The highest BCUT2D eigenvalue weighted by Gasteiger charge is 2.53. The molecule has 10 aromatic rings. The van der Waals surface area contributed by atoms with Crippen LogP contribution in [0.1, 0.15) is 207 Å². The summed E-state index contributed by atoms with van der Waals surface area (Å²) in [5, 5.41) is 0. The summed E-state index contributed by atoms with van der Waals surface area (Å²) < 4.78 is 2.10. The van der Waals surface area contributed by atoms with Crippen molar-refractivity contribution in [2.75, 3.05) is 4.90 Å². The first-order valence-electron chi connectivity index (χ1n) is 33.4. The smallest absolute Gasteiger partial charge is 0.160 e. The number of hydrogen-bond donors (Lipinski definition) is 0. The molecule has 2 heterocycles. The Morgan fingerprint density at radius 1 is 0.360 bits per heavy atom. The lowest BCUT2D eigenvalue weighted by Gasteiger charge is -2.35. The minimum atomic E-state index is -0.672. The van der Waals surface area contributed by atoms with E-state index in [1.807, 2.05) is 11.3 Å². The Morgan fingerprint density at radius 3 is 1.02 bits per heavy atom. The van der Waals surface area contributed by atoms with E-state index in [4.69, 9.17) is 0 Å². The molecule has 0 saturated heterocycles. The van der Waals surface area contributed by atoms with E-state index in [0.29, 0.717) is 0 Å². The Balaban J connectivity index is 1.08. The number of fused-ring (bicyclic) bond motifs is 6. The SMILES string of the molecule is CCCCCCc1ccc(C2(c3ccc(CCCCCC)cc3)c3cc4c(cc3-c3sc(C=O)cc32)C(c2ccc(CCCCCC)cc2)(c2ccc(CCCCCC)cc2)c2cc(-c3ccc(N(c5ccc(Br)cc5)c5ccc(Br)cc5)cc3)sc2-4)cc1. The second-order valence-electron chi connectivity index (χ2n) is 25.2. The molecule has 8 aromatic carbocycles. The molecule has 2 nitrogen and oxygen atoms in total. The van der Waals surface area contributed by atoms with Crippen molar-refractivity contribution >= 4 is 77.9 Å². The number of aryl methyl sites for hydroxylation is 4. The Kier molecular flexibility index (Phi) is 20.3. The summed E-state index contributed by atoms with van der Waals surface area (Å²) in [5.74, 6) is 0. The average molecular weight is 1340 g/mol. The van der Waals surface area contributed by atoms with Crippen molar-refractivity contribution in [2.24, 2.45) is 0 Å². The molecule has 0 aliphatic heterocycles. The van der Waals surface area contributed by atoms with Crippen LogP contribution in [-0.2, 0) is 36.5 Å². The highest BCUT2D eigenvalue weighted by molar-refractivity contribution is 9.10. The molecular weight excluding hydrogens is 1250 g/mol. The zero-order valence-electron chi connectivity index (χ0n) is 52.6. The van der Waals surface area contributed by atoms with Gasteiger partial charge in [-0.2, -0.15) is 0 Å². The van der Waals surface area contributed by atoms with E-state index in [9.17, 15) is 4.79 Å². The lowest BCUT2D eigenvalue weighted by atomic mass is 9.65. The van der Waals surface area contributed by atoms with Crippen molar-refractivity contribution in [1.29, 1.82) is 0 Å². The summed E-state index contributed by atoms with van der Waals surface area (Å²) >= 11 is 11.0. The first-order valence-corrected chi connectivity index (χ1v) is 36.7. The Labute approximate surface area is 556 Å². The lowest BCUT2D eigenvalue weighted by Crippen LogP contribution is -2.30. The van der Waals surface area contributed by atoms with Gasteiger partial charge in [-0.3, -0.25) is 4.79 Å². The van der Waals surface area contributed by atoms with Gasteiger partial charge < -0.3 is 4.90 Å². The number of nitrogens with zero attached hydrogens (tertiary/aromatic N) is 1. The number of halogens is 2. The molecule has 0 atom stereocenters. The third-order valence-electron chi connectivity index (χ3n) is 19.3. The van der Waals surface area contributed by atoms with E-state index in [0.717, 1.165) is 62.9 Å². The predicted molar refractivity (Wildman–Crippen MR) is 389 cm³/mol. The summed E-state index contributed by atoms with van der Waals surface area (Å²) in [6.07, 6.45) is 25.2. The molecule has 12 rings (SSSR count). The number of rotatable bonds is 29. The third-order valence-corrected chi connectivity index (χ3v) is 22.6. The van der Waals surface area contributed by atoms with E-state index < -0.39 is 10.8 Å². The van der Waals surface area contributed by atoms with Crippen molar-refractivity contribution in [2.45, 2.75) is 167 Å². The minimum Gasteiger partial charge on any atom is -0.311 e. The van der Waals surface area contributed by atoms with Gasteiger partial charge in [-0.05, 0) is 220 Å². The standard InChI is InChI=1S/C83H85Br2NOS2/c1-5-9-13-17-21-58-25-35-63(36-26-58)82(64-37-27-59(28-38-64)22-18-14-10-6-2)75-55-74-76(54-73(75)80-77(82)53-72(57-87)88-80)83(65-39-29-60(30-40-65)23-19-15-11-7-3,66-41-31-61(32-42-66)24-20-16-12-8-4)78-56-79(89-81(74)78)62-33-47-69(48-34-62)86(70-49-43-67(84)44-50-70)71-51-45-68(85)46-52-71/h25-57H,5-24H2,1-4H3. The summed E-state index contributed by atoms with van der Waals surface area (Å²) in [7, 11) is 0. The van der Waals surface area contributed by atoms with Crippen molar-refractivity contribution in [1.82, 2.24) is 0 Å². The van der Waals surface area contributed by atoms with E-state index in [-0.39, 0.29) is 0 Å². The highest BCUT2D eigenvalue weighted by atomic mass is 79.9. The van der Waals surface area contributed by atoms with Crippen LogP contribution in [0.4, 0.5) is 17.1 Å². The molecule has 0 spiro atoms. The summed E-state index contributed by atoms with van der Waals surface area (Å²) in [4.78, 5) is 20.2. The molecule has 0 bridgehead atoms. The van der Waals surface area contributed by atoms with Crippen LogP contribution in [-0.4, -0.2) is 6.29 Å². The van der Waals surface area contributed by atoms with Crippen molar-refractivity contribution in [3.05, 3.63) is 275 Å². The van der Waals surface area contributed by atoms with Gasteiger partial charge in [0.1, 0.15) is 0 Å². The van der Waals surface area contributed by atoms with Gasteiger partial charge >= 0.3 is 0 Å². The fraction of sp³-hybridized carbons (Fsp3) is 0.313. The van der Waals surface area contributed by atoms with Crippen molar-refractivity contribution in [3.8, 4) is 31.3 Å². The summed E-state index contributed by atoms with van der Waals surface area (Å²) in [6, 6.07) is 75.5. The second-order valence-corrected chi connectivity index (χ2v) is 29.1. The second kappa shape index (κ2) is 28.8. The third kappa shape index (κ3) is 12.7. The summed E-state index contributed by atoms with van der Waals surface area (Å²) in [5.41, 5.74) is 21.5. The number of carbonyl (C=O) groups is 1. The molecule has 2 aromatic heterocycles. The van der Waals surface area contributed by atoms with Gasteiger partial charge in [-0.15, -0.1) is 22.7 Å². The van der Waals surface area contributed by atoms with E-state index in [2.05, 4.69) is 259 Å². The number of aldehydes is 1. The molecule has 2 aliphatic carbocycles. The maximum atomic E-state index is 13.3. The van der Waals surface area contributed by atoms with Crippen LogP contribution in [0.2, 0.25) is 0 Å². The predicted octanol–water partition coefficient (Wildman–Crippen LogP) is 25.5. The first kappa shape index (κ1) is 62.8. The molecule has 0 fully saturated rings. The quantitative estimate of drug-likeness (QED) is 0.0344. The Morgan fingerprint density at radius 2 is 0.685 bits per heavy atom. The molecule has 6 heteroatoms. The van der Waals surface area contributed by atoms with Crippen LogP contribution in [0.3, 0.4) is 0 Å². The zero-order valence-corrected chi connectivity index (χ0v) is 57.4. The Hall–Kier alpha value is -6.41. The molecule has 0 N–H and O–H groups in total. The van der Waals surface area contributed by atoms with Crippen molar-refractivity contribution < 1.29 is 4.79 Å². The van der Waals surface area contributed by atoms with E-state index in [1.165, 1.54) is 201 Å². The number of hydrogen-bond acceptors (Lipinski definition) is 4. The lowest BCUT2D eigenvalue weighted by molar-refractivity contribution is 0.112. The van der Waals surface area contributed by atoms with Gasteiger partial charge in [-0.25, -0.2) is 0 Å². The van der Waals surface area contributed by atoms with Gasteiger partial charge in [0.2, 0.25) is 0 Å². The van der Waals surface area contributed by atoms with Gasteiger partial charge in [0.05, 0.1) is 15.7 Å². The van der Waals surface area contributed by atoms with Gasteiger partial charge in [-0.1, -0.05) is 246 Å². The number of anilines is 3. The molecule has 2 aliphatic rings. The fourth-order valence-electron chi connectivity index (χ4n) is 14.5. The average Bonchev–Trinajstić information content (AvgIpc) is 1.53. The first-order chi connectivity index (χ1) is 43.7. The van der Waals surface area contributed by atoms with Crippen LogP contribution in [0, 0.1) is 0 Å². The van der Waals surface area contributed by atoms with Gasteiger partial charge in [0, 0.05) is 40.6 Å². The normalized spacial score (nSPS) is 13.3. The maximum Gasteiger partial charge on any atom is 0.160 e. The van der Waals surface area contributed by atoms with Gasteiger partial charge in [0.25, 0.3) is 0 Å². The number of unbranched alkanes of at least 4 members (excludes halogenated alkanes) is 12. The van der Waals surface area contributed by atoms with Crippen LogP contribution in [0.25, 0.3) is 31.3 Å². The molecule has 0 unspecified atom stereocenters. The van der Waals surface area contributed by atoms with Crippen LogP contribution < -0.4 is 4.90 Å². The fourth-order valence-corrected chi connectivity index (χ4v) is 17.4. The van der Waals surface area contributed by atoms with Crippen LogP contribution in [0.15, 0.2) is 203 Å². The van der Waals surface area contributed by atoms with Gasteiger partial charge in [0.15, 0.2) is 6.29 Å². The zero-order chi connectivity index (χ0) is 61.3. The van der Waals surface area contributed by atoms with E-state index in [1.54, 1.807) is 11.3 Å². The molecule has 454 valence electrons. The minimum absolute atomic E-state index is 0.648. The molecule has 0 saturated carbocycles. The highest BCUT2D eigenvalue weighted by Crippen LogP contribution is 2.65. The number of carbonyl (C=O) groups excluding carboxylic acids is 1. The van der Waals surface area contributed by atoms with E-state index >= 15 is 0 Å². The van der Waals surface area contributed by atoms with Crippen LogP contribution >= 0.6 is 54.5 Å². The molecule has 0 amide bonds. The topological polar surface area (TPSA) is 20.3 Å². The van der Waals surface area contributed by atoms with Crippen molar-refractivity contribution in [3.63, 3.8) is 0 Å². The number of thiophene rings is 2. The van der Waals surface area contributed by atoms with Crippen LogP contribution in [0.5, 0.6) is 0 Å².